The number of aliphatic hydroxyl groups is 1. The molecule has 1 heteroatoms. The molecule has 2 atom stereocenters. The summed E-state index contributed by atoms with van der Waals surface area (Å²) in [5.74, 6) is 0.439. The normalized spacial score (nSPS) is 29.5. The third-order valence-electron chi connectivity index (χ3n) is 2.35. The molecule has 0 aromatic heterocycles. The van der Waals surface area contributed by atoms with Gasteiger partial charge >= 0.3 is 0 Å². The standard InChI is InChI=1S/C9H16O/c1-7-5-3-4-6-9(7)8(2)10/h5,8-10H,3-4,6H2,1-2H3/t8-,9+/m1/s1. The fourth-order valence-corrected chi connectivity index (χ4v) is 1.67. The first kappa shape index (κ1) is 7.80. The molecule has 1 aliphatic rings. The highest BCUT2D eigenvalue weighted by molar-refractivity contribution is 5.08. The molecule has 1 nitrogen and oxygen atoms in total. The van der Waals surface area contributed by atoms with E-state index >= 15 is 0 Å². The monoisotopic (exact) mass is 140 g/mol. The minimum atomic E-state index is -0.156. The molecule has 10 heavy (non-hydrogen) atoms. The van der Waals surface area contributed by atoms with Crippen LogP contribution in [0.4, 0.5) is 0 Å². The van der Waals surface area contributed by atoms with Gasteiger partial charge in [-0.25, -0.2) is 0 Å². The van der Waals surface area contributed by atoms with Crippen LogP contribution in [0.15, 0.2) is 11.6 Å². The van der Waals surface area contributed by atoms with Crippen LogP contribution < -0.4 is 0 Å². The SMILES string of the molecule is CC1=CCCC[C@@H]1[C@@H](C)O. The number of hydrogen-bond acceptors (Lipinski definition) is 1. The summed E-state index contributed by atoms with van der Waals surface area (Å²) in [6.07, 6.45) is 5.71. The van der Waals surface area contributed by atoms with E-state index in [1.54, 1.807) is 0 Å². The van der Waals surface area contributed by atoms with E-state index in [1.165, 1.54) is 24.8 Å². The van der Waals surface area contributed by atoms with Crippen LogP contribution in [0.2, 0.25) is 0 Å². The molecule has 0 bridgehead atoms. The Balaban J connectivity index is 2.58. The van der Waals surface area contributed by atoms with E-state index in [2.05, 4.69) is 13.0 Å². The summed E-state index contributed by atoms with van der Waals surface area (Å²) in [5.41, 5.74) is 1.38. The zero-order valence-corrected chi connectivity index (χ0v) is 6.80. The highest BCUT2D eigenvalue weighted by Crippen LogP contribution is 2.26. The van der Waals surface area contributed by atoms with Crippen molar-refractivity contribution in [2.45, 2.75) is 39.2 Å². The summed E-state index contributed by atoms with van der Waals surface area (Å²) >= 11 is 0. The van der Waals surface area contributed by atoms with Crippen LogP contribution in [0.1, 0.15) is 33.1 Å². The molecule has 0 amide bonds. The molecule has 1 rings (SSSR count). The molecule has 0 radical (unpaired) electrons. The van der Waals surface area contributed by atoms with Crippen LogP contribution in [-0.4, -0.2) is 11.2 Å². The van der Waals surface area contributed by atoms with Gasteiger partial charge in [0.2, 0.25) is 0 Å². The van der Waals surface area contributed by atoms with Crippen LogP contribution in [0.3, 0.4) is 0 Å². The number of aliphatic hydroxyl groups excluding tert-OH is 1. The molecule has 0 saturated heterocycles. The maximum atomic E-state index is 9.31. The zero-order chi connectivity index (χ0) is 7.56. The first-order valence-electron chi connectivity index (χ1n) is 4.06. The number of allylic oxidation sites excluding steroid dienone is 1. The Hall–Kier alpha value is -0.300. The van der Waals surface area contributed by atoms with E-state index in [1.807, 2.05) is 6.92 Å². The van der Waals surface area contributed by atoms with Gasteiger partial charge in [0.1, 0.15) is 0 Å². The lowest BCUT2D eigenvalue weighted by molar-refractivity contribution is 0.134. The maximum Gasteiger partial charge on any atom is 0.0577 e. The highest BCUT2D eigenvalue weighted by atomic mass is 16.3. The summed E-state index contributed by atoms with van der Waals surface area (Å²) in [6.45, 7) is 4.00. The highest BCUT2D eigenvalue weighted by Gasteiger charge is 2.18. The Morgan fingerprint density at radius 2 is 2.40 bits per heavy atom. The van der Waals surface area contributed by atoms with Crippen molar-refractivity contribution in [3.8, 4) is 0 Å². The van der Waals surface area contributed by atoms with Crippen LogP contribution in [0, 0.1) is 5.92 Å². The lowest BCUT2D eigenvalue weighted by Crippen LogP contribution is -2.19. The Bertz CT molecular complexity index is 136. The molecule has 0 fully saturated rings. The molecule has 1 N–H and O–H groups in total. The number of hydrogen-bond donors (Lipinski definition) is 1. The third-order valence-corrected chi connectivity index (χ3v) is 2.35. The van der Waals surface area contributed by atoms with E-state index in [-0.39, 0.29) is 6.10 Å². The first-order chi connectivity index (χ1) is 4.72. The van der Waals surface area contributed by atoms with Gasteiger partial charge in [-0.15, -0.1) is 0 Å². The van der Waals surface area contributed by atoms with E-state index in [0.29, 0.717) is 5.92 Å². The third kappa shape index (κ3) is 1.60. The molecule has 0 spiro atoms. The fraction of sp³-hybridized carbons (Fsp3) is 0.778. The average molecular weight is 140 g/mol. The van der Waals surface area contributed by atoms with E-state index in [4.69, 9.17) is 0 Å². The topological polar surface area (TPSA) is 20.2 Å². The van der Waals surface area contributed by atoms with Crippen LogP contribution in [-0.2, 0) is 0 Å². The van der Waals surface area contributed by atoms with E-state index in [0.717, 1.165) is 0 Å². The van der Waals surface area contributed by atoms with Gasteiger partial charge in [-0.2, -0.15) is 0 Å². The largest absolute Gasteiger partial charge is 0.393 e. The van der Waals surface area contributed by atoms with Gasteiger partial charge in [-0.1, -0.05) is 11.6 Å². The minimum Gasteiger partial charge on any atom is -0.393 e. The average Bonchev–Trinajstić information content (AvgIpc) is 1.88. The summed E-state index contributed by atoms with van der Waals surface area (Å²) in [5, 5.41) is 9.31. The Kier molecular flexibility index (Phi) is 2.50. The maximum absolute atomic E-state index is 9.31. The zero-order valence-electron chi connectivity index (χ0n) is 6.80. The van der Waals surface area contributed by atoms with Gasteiger partial charge in [0.15, 0.2) is 0 Å². The van der Waals surface area contributed by atoms with E-state index < -0.39 is 0 Å². The summed E-state index contributed by atoms with van der Waals surface area (Å²) in [7, 11) is 0. The summed E-state index contributed by atoms with van der Waals surface area (Å²) < 4.78 is 0. The lowest BCUT2D eigenvalue weighted by Gasteiger charge is -2.24. The van der Waals surface area contributed by atoms with Crippen LogP contribution in [0.5, 0.6) is 0 Å². The molecule has 1 aliphatic carbocycles. The fourth-order valence-electron chi connectivity index (χ4n) is 1.67. The van der Waals surface area contributed by atoms with E-state index in [9.17, 15) is 5.11 Å². The molecule has 0 aromatic carbocycles. The number of rotatable bonds is 1. The van der Waals surface area contributed by atoms with Gasteiger partial charge in [0.25, 0.3) is 0 Å². The van der Waals surface area contributed by atoms with Crippen molar-refractivity contribution >= 4 is 0 Å². The smallest absolute Gasteiger partial charge is 0.0577 e. The molecule has 0 aliphatic heterocycles. The summed E-state index contributed by atoms with van der Waals surface area (Å²) in [6, 6.07) is 0. The Morgan fingerprint density at radius 1 is 1.70 bits per heavy atom. The first-order valence-corrected chi connectivity index (χ1v) is 4.06. The molecule has 0 heterocycles. The van der Waals surface area contributed by atoms with Crippen molar-refractivity contribution in [2.24, 2.45) is 5.92 Å². The van der Waals surface area contributed by atoms with Crippen molar-refractivity contribution in [1.82, 2.24) is 0 Å². The summed E-state index contributed by atoms with van der Waals surface area (Å²) in [4.78, 5) is 0. The van der Waals surface area contributed by atoms with Crippen molar-refractivity contribution in [1.29, 1.82) is 0 Å². The van der Waals surface area contributed by atoms with Gasteiger partial charge in [-0.05, 0) is 33.1 Å². The van der Waals surface area contributed by atoms with Gasteiger partial charge in [0.05, 0.1) is 6.10 Å². The Labute approximate surface area is 62.8 Å². The quantitative estimate of drug-likeness (QED) is 0.553. The Morgan fingerprint density at radius 3 is 2.80 bits per heavy atom. The van der Waals surface area contributed by atoms with Crippen LogP contribution >= 0.6 is 0 Å². The second-order valence-electron chi connectivity index (χ2n) is 3.23. The lowest BCUT2D eigenvalue weighted by atomic mass is 9.85. The van der Waals surface area contributed by atoms with Crippen molar-refractivity contribution in [3.05, 3.63) is 11.6 Å². The van der Waals surface area contributed by atoms with Gasteiger partial charge < -0.3 is 5.11 Å². The van der Waals surface area contributed by atoms with Crippen molar-refractivity contribution < 1.29 is 5.11 Å². The molecular formula is C9H16O. The van der Waals surface area contributed by atoms with Gasteiger partial charge in [0, 0.05) is 5.92 Å². The molecule has 0 aromatic rings. The predicted octanol–water partition coefficient (Wildman–Crippen LogP) is 2.11. The molecular weight excluding hydrogens is 124 g/mol. The molecule has 0 unspecified atom stereocenters. The minimum absolute atomic E-state index is 0.156. The predicted molar refractivity (Wildman–Crippen MR) is 42.8 cm³/mol. The molecule has 0 saturated carbocycles. The molecule has 58 valence electrons. The van der Waals surface area contributed by atoms with Crippen molar-refractivity contribution in [3.63, 3.8) is 0 Å². The van der Waals surface area contributed by atoms with Crippen LogP contribution in [0.25, 0.3) is 0 Å². The second-order valence-corrected chi connectivity index (χ2v) is 3.23. The van der Waals surface area contributed by atoms with Crippen molar-refractivity contribution in [2.75, 3.05) is 0 Å². The second kappa shape index (κ2) is 3.20. The van der Waals surface area contributed by atoms with Gasteiger partial charge in [-0.3, -0.25) is 0 Å².